The number of rotatable bonds is 5. The Morgan fingerprint density at radius 3 is 3.04 bits per heavy atom. The predicted octanol–water partition coefficient (Wildman–Crippen LogP) is 2.55. The molecule has 23 heavy (non-hydrogen) atoms. The number of carbonyl (C=O) groups excluding carboxylic acids is 1. The highest BCUT2D eigenvalue weighted by Crippen LogP contribution is 2.30. The average Bonchev–Trinajstić information content (AvgIpc) is 3.13. The van der Waals surface area contributed by atoms with Crippen molar-refractivity contribution in [2.75, 3.05) is 6.54 Å². The Hall–Kier alpha value is -1.66. The van der Waals surface area contributed by atoms with Crippen molar-refractivity contribution in [3.8, 4) is 0 Å². The molecule has 1 aliphatic heterocycles. The SMILES string of the molecule is C[C@@H]1c2ncc(CNC(=O)C3CC3)n2CCN1Cc1cccs1. The Bertz CT molecular complexity index is 690. The molecule has 3 heterocycles. The van der Waals surface area contributed by atoms with Crippen LogP contribution in [0.1, 0.15) is 42.2 Å². The molecule has 1 saturated carbocycles. The number of aromatic nitrogens is 2. The smallest absolute Gasteiger partial charge is 0.223 e. The number of imidazole rings is 1. The van der Waals surface area contributed by atoms with Crippen molar-refractivity contribution >= 4 is 17.2 Å². The van der Waals surface area contributed by atoms with Crippen molar-refractivity contribution in [2.24, 2.45) is 5.92 Å². The van der Waals surface area contributed by atoms with E-state index < -0.39 is 0 Å². The second kappa shape index (κ2) is 6.09. The topological polar surface area (TPSA) is 50.2 Å². The maximum Gasteiger partial charge on any atom is 0.223 e. The molecule has 0 spiro atoms. The van der Waals surface area contributed by atoms with Crippen LogP contribution in [0, 0.1) is 5.92 Å². The highest BCUT2D eigenvalue weighted by Gasteiger charge is 2.30. The zero-order valence-electron chi connectivity index (χ0n) is 13.4. The molecule has 1 N–H and O–H groups in total. The van der Waals surface area contributed by atoms with Crippen LogP contribution >= 0.6 is 11.3 Å². The Morgan fingerprint density at radius 2 is 2.30 bits per heavy atom. The molecule has 4 rings (SSSR count). The number of amides is 1. The molecule has 5 nitrogen and oxygen atoms in total. The molecule has 0 unspecified atom stereocenters. The molecular formula is C17H22N4OS. The minimum absolute atomic E-state index is 0.198. The van der Waals surface area contributed by atoms with Crippen molar-refractivity contribution in [3.05, 3.63) is 40.1 Å². The average molecular weight is 330 g/mol. The molecule has 0 radical (unpaired) electrons. The summed E-state index contributed by atoms with van der Waals surface area (Å²) in [6.45, 7) is 5.77. The van der Waals surface area contributed by atoms with Crippen molar-refractivity contribution in [1.82, 2.24) is 19.8 Å². The number of nitrogens with zero attached hydrogens (tertiary/aromatic N) is 3. The first kappa shape index (κ1) is 14.9. The van der Waals surface area contributed by atoms with Gasteiger partial charge in [0.05, 0.1) is 24.5 Å². The molecule has 122 valence electrons. The van der Waals surface area contributed by atoms with Gasteiger partial charge in [0.1, 0.15) is 5.82 Å². The zero-order valence-corrected chi connectivity index (χ0v) is 14.2. The monoisotopic (exact) mass is 330 g/mol. The highest BCUT2D eigenvalue weighted by atomic mass is 32.1. The third-order valence-corrected chi connectivity index (χ3v) is 5.69. The van der Waals surface area contributed by atoms with Crippen LogP contribution < -0.4 is 5.32 Å². The summed E-state index contributed by atoms with van der Waals surface area (Å²) in [6.07, 6.45) is 4.02. The second-order valence-electron chi connectivity index (χ2n) is 6.48. The number of hydrogen-bond acceptors (Lipinski definition) is 4. The predicted molar refractivity (Wildman–Crippen MR) is 89.9 cm³/mol. The first-order valence-corrected chi connectivity index (χ1v) is 9.19. The molecule has 1 amide bonds. The highest BCUT2D eigenvalue weighted by molar-refractivity contribution is 7.09. The van der Waals surface area contributed by atoms with Crippen LogP contribution in [0.3, 0.4) is 0 Å². The van der Waals surface area contributed by atoms with Crippen LogP contribution in [0.5, 0.6) is 0 Å². The van der Waals surface area contributed by atoms with Gasteiger partial charge >= 0.3 is 0 Å². The zero-order chi connectivity index (χ0) is 15.8. The summed E-state index contributed by atoms with van der Waals surface area (Å²) in [5.74, 6) is 1.58. The fourth-order valence-electron chi connectivity index (χ4n) is 3.23. The van der Waals surface area contributed by atoms with Gasteiger partial charge in [-0.3, -0.25) is 9.69 Å². The van der Waals surface area contributed by atoms with Gasteiger partial charge in [-0.2, -0.15) is 0 Å². The van der Waals surface area contributed by atoms with Gasteiger partial charge in [0, 0.05) is 30.4 Å². The van der Waals surface area contributed by atoms with Gasteiger partial charge in [-0.25, -0.2) is 4.98 Å². The van der Waals surface area contributed by atoms with Crippen molar-refractivity contribution in [1.29, 1.82) is 0 Å². The molecule has 0 bridgehead atoms. The van der Waals surface area contributed by atoms with E-state index in [0.29, 0.717) is 12.6 Å². The molecule has 1 atom stereocenters. The summed E-state index contributed by atoms with van der Waals surface area (Å²) < 4.78 is 2.28. The lowest BCUT2D eigenvalue weighted by Crippen LogP contribution is -2.37. The van der Waals surface area contributed by atoms with Crippen LogP contribution in [0.15, 0.2) is 23.7 Å². The molecule has 2 aromatic heterocycles. The molecule has 6 heteroatoms. The lowest BCUT2D eigenvalue weighted by atomic mass is 10.2. The number of carbonyl (C=O) groups is 1. The molecule has 1 fully saturated rings. The lowest BCUT2D eigenvalue weighted by Gasteiger charge is -2.34. The largest absolute Gasteiger partial charge is 0.350 e. The number of nitrogens with one attached hydrogen (secondary N) is 1. The normalized spacial score (nSPS) is 21.2. The van der Waals surface area contributed by atoms with E-state index in [9.17, 15) is 4.79 Å². The van der Waals surface area contributed by atoms with E-state index in [1.807, 2.05) is 17.5 Å². The van der Waals surface area contributed by atoms with Crippen LogP contribution in [0.4, 0.5) is 0 Å². The Balaban J connectivity index is 1.43. The van der Waals surface area contributed by atoms with Gasteiger partial charge in [0.25, 0.3) is 0 Å². The van der Waals surface area contributed by atoms with Crippen LogP contribution in [0.25, 0.3) is 0 Å². The van der Waals surface area contributed by atoms with Gasteiger partial charge in [-0.15, -0.1) is 11.3 Å². The first-order chi connectivity index (χ1) is 11.2. The standard InChI is InChI=1S/C17H22N4OS/c1-12-16-18-9-14(10-19-17(22)13-4-5-13)21(16)7-6-20(12)11-15-3-2-8-23-15/h2-3,8-9,12-13H,4-7,10-11H2,1H3,(H,19,22)/t12-/m1/s1. The van der Waals surface area contributed by atoms with E-state index in [4.69, 9.17) is 0 Å². The van der Waals surface area contributed by atoms with E-state index in [0.717, 1.165) is 44.0 Å². The van der Waals surface area contributed by atoms with Gasteiger partial charge in [0.2, 0.25) is 5.91 Å². The van der Waals surface area contributed by atoms with Gasteiger partial charge in [-0.05, 0) is 31.2 Å². The minimum Gasteiger partial charge on any atom is -0.350 e. The summed E-state index contributed by atoms with van der Waals surface area (Å²) in [5.41, 5.74) is 1.12. The summed E-state index contributed by atoms with van der Waals surface area (Å²) in [7, 11) is 0. The Kier molecular flexibility index (Phi) is 3.95. The molecule has 0 aromatic carbocycles. The Morgan fingerprint density at radius 1 is 1.43 bits per heavy atom. The minimum atomic E-state index is 0.198. The van der Waals surface area contributed by atoms with Crippen LogP contribution in [0.2, 0.25) is 0 Å². The van der Waals surface area contributed by atoms with Crippen molar-refractivity contribution in [2.45, 2.75) is 45.4 Å². The molecule has 2 aromatic rings. The van der Waals surface area contributed by atoms with Crippen LogP contribution in [-0.2, 0) is 24.4 Å². The molecule has 2 aliphatic rings. The maximum atomic E-state index is 11.8. The second-order valence-corrected chi connectivity index (χ2v) is 7.51. The molecule has 1 aliphatic carbocycles. The van der Waals surface area contributed by atoms with E-state index in [1.54, 1.807) is 0 Å². The van der Waals surface area contributed by atoms with E-state index in [2.05, 4.69) is 44.2 Å². The number of hydrogen-bond donors (Lipinski definition) is 1. The third-order valence-electron chi connectivity index (χ3n) is 4.83. The van der Waals surface area contributed by atoms with Crippen LogP contribution in [-0.4, -0.2) is 26.9 Å². The fourth-order valence-corrected chi connectivity index (χ4v) is 3.96. The van der Waals surface area contributed by atoms with E-state index in [1.165, 1.54) is 4.88 Å². The summed E-state index contributed by atoms with van der Waals surface area (Å²) >= 11 is 1.81. The molecular weight excluding hydrogens is 308 g/mol. The first-order valence-electron chi connectivity index (χ1n) is 8.31. The molecule has 0 saturated heterocycles. The third kappa shape index (κ3) is 3.05. The summed E-state index contributed by atoms with van der Waals surface area (Å²) in [5, 5.41) is 5.18. The van der Waals surface area contributed by atoms with Crippen molar-refractivity contribution < 1.29 is 4.79 Å². The van der Waals surface area contributed by atoms with Gasteiger partial charge < -0.3 is 9.88 Å². The van der Waals surface area contributed by atoms with Gasteiger partial charge in [0.15, 0.2) is 0 Å². The fraction of sp³-hybridized carbons (Fsp3) is 0.529. The quantitative estimate of drug-likeness (QED) is 0.916. The summed E-state index contributed by atoms with van der Waals surface area (Å²) in [6, 6.07) is 4.60. The maximum absolute atomic E-state index is 11.8. The lowest BCUT2D eigenvalue weighted by molar-refractivity contribution is -0.122. The van der Waals surface area contributed by atoms with E-state index >= 15 is 0 Å². The van der Waals surface area contributed by atoms with Gasteiger partial charge in [-0.1, -0.05) is 6.07 Å². The number of fused-ring (bicyclic) bond motifs is 1. The summed E-state index contributed by atoms with van der Waals surface area (Å²) in [4.78, 5) is 20.3. The number of thiophene rings is 1. The van der Waals surface area contributed by atoms with Crippen molar-refractivity contribution in [3.63, 3.8) is 0 Å². The van der Waals surface area contributed by atoms with E-state index in [-0.39, 0.29) is 11.8 Å². The Labute approximate surface area is 140 Å².